The average molecular weight is 795 g/mol. The van der Waals surface area contributed by atoms with Gasteiger partial charge in [-0.2, -0.15) is 0 Å². The number of anilines is 2. The molecule has 8 rings (SSSR count). The molecule has 0 aliphatic rings. The van der Waals surface area contributed by atoms with Crippen molar-refractivity contribution in [1.29, 1.82) is 0 Å². The van der Waals surface area contributed by atoms with Gasteiger partial charge < -0.3 is 34.2 Å². The van der Waals surface area contributed by atoms with Gasteiger partial charge in [0, 0.05) is 58.1 Å². The van der Waals surface area contributed by atoms with Crippen molar-refractivity contribution in [2.45, 2.75) is 0 Å². The van der Waals surface area contributed by atoms with Crippen LogP contribution in [0.15, 0.2) is 132 Å². The highest BCUT2D eigenvalue weighted by molar-refractivity contribution is 6.31. The maximum Gasteiger partial charge on any atom is 0.133 e. The van der Waals surface area contributed by atoms with Crippen molar-refractivity contribution < 1.29 is 18.9 Å². The molecule has 3 N–H and O–H groups in total. The number of rotatable bonds is 12. The van der Waals surface area contributed by atoms with E-state index in [2.05, 4.69) is 15.3 Å². The Morgan fingerprint density at radius 2 is 0.895 bits per heavy atom. The molecule has 8 aromatic rings. The lowest BCUT2D eigenvalue weighted by Crippen LogP contribution is -1.96. The van der Waals surface area contributed by atoms with E-state index in [1.165, 1.54) is 0 Å². The molecule has 6 aromatic carbocycles. The van der Waals surface area contributed by atoms with Crippen LogP contribution < -0.4 is 24.3 Å². The monoisotopic (exact) mass is 793 g/mol. The van der Waals surface area contributed by atoms with Crippen LogP contribution in [0.5, 0.6) is 23.0 Å². The summed E-state index contributed by atoms with van der Waals surface area (Å²) in [5.41, 5.74) is 10.2. The van der Waals surface area contributed by atoms with Gasteiger partial charge in [0.1, 0.15) is 23.0 Å². The van der Waals surface area contributed by atoms with E-state index in [4.69, 9.17) is 52.1 Å². The Kier molecular flexibility index (Phi) is 10.6. The van der Waals surface area contributed by atoms with Crippen molar-refractivity contribution in [2.75, 3.05) is 33.8 Å². The third-order valence-corrected chi connectivity index (χ3v) is 10.3. The first kappa shape index (κ1) is 37.3. The summed E-state index contributed by atoms with van der Waals surface area (Å²) in [5.74, 6) is 2.58. The van der Waals surface area contributed by atoms with Crippen molar-refractivity contribution in [3.63, 3.8) is 0 Å². The molecule has 9 nitrogen and oxygen atoms in total. The number of methoxy groups -OCH3 is 4. The highest BCUT2D eigenvalue weighted by Crippen LogP contribution is 2.43. The van der Waals surface area contributed by atoms with Gasteiger partial charge in [-0.15, -0.1) is 0 Å². The van der Waals surface area contributed by atoms with E-state index in [1.54, 1.807) is 28.4 Å². The van der Waals surface area contributed by atoms with E-state index in [0.29, 0.717) is 44.4 Å². The van der Waals surface area contributed by atoms with Crippen LogP contribution in [0, 0.1) is 0 Å². The van der Waals surface area contributed by atoms with Crippen LogP contribution in [0.2, 0.25) is 10.0 Å². The number of aromatic amines is 2. The SMILES string of the molecule is COc1cc(OC)c2c(-c3ccc(Cl)cc3)c[nH]c2c1C=Nc1ccccc1Nc1ccccc1N=Cc1c(OC)cc(OC)c2c(-c3ccc(Cl)cc3)c[nH]c12. The fourth-order valence-electron chi connectivity index (χ4n) is 7.00. The number of H-pyrrole nitrogens is 2. The van der Waals surface area contributed by atoms with Crippen LogP contribution in [-0.2, 0) is 0 Å². The summed E-state index contributed by atoms with van der Waals surface area (Å²) in [6.45, 7) is 0. The van der Waals surface area contributed by atoms with Crippen LogP contribution in [0.3, 0.4) is 0 Å². The van der Waals surface area contributed by atoms with Gasteiger partial charge in [0.05, 0.1) is 84.1 Å². The van der Waals surface area contributed by atoms with E-state index in [-0.39, 0.29) is 0 Å². The lowest BCUT2D eigenvalue weighted by molar-refractivity contribution is 0.397. The van der Waals surface area contributed by atoms with Crippen LogP contribution in [0.4, 0.5) is 22.7 Å². The Hall–Kier alpha value is -6.68. The third-order valence-electron chi connectivity index (χ3n) is 9.78. The highest BCUT2D eigenvalue weighted by Gasteiger charge is 2.20. The number of halogens is 2. The predicted octanol–water partition coefficient (Wildman–Crippen LogP) is 12.6. The zero-order chi connectivity index (χ0) is 39.5. The first-order valence-corrected chi connectivity index (χ1v) is 18.7. The second-order valence-corrected chi connectivity index (χ2v) is 13.9. The number of hydrogen-bond donors (Lipinski definition) is 3. The minimum absolute atomic E-state index is 0.614. The van der Waals surface area contributed by atoms with Gasteiger partial charge in [-0.05, 0) is 59.7 Å². The number of nitrogens with zero attached hydrogens (tertiary/aromatic N) is 2. The largest absolute Gasteiger partial charge is 0.496 e. The first-order valence-electron chi connectivity index (χ1n) is 18.0. The number of ether oxygens (including phenoxy) is 4. The third kappa shape index (κ3) is 7.26. The quantitative estimate of drug-likeness (QED) is 0.107. The lowest BCUT2D eigenvalue weighted by Gasteiger charge is -2.13. The van der Waals surface area contributed by atoms with Crippen molar-refractivity contribution >= 4 is 80.2 Å². The normalized spacial score (nSPS) is 11.5. The van der Waals surface area contributed by atoms with Crippen LogP contribution in [0.25, 0.3) is 44.1 Å². The Morgan fingerprint density at radius 1 is 0.509 bits per heavy atom. The molecule has 0 fully saturated rings. The molecule has 0 saturated carbocycles. The van der Waals surface area contributed by atoms with Crippen molar-refractivity contribution in [3.05, 3.63) is 143 Å². The molecule has 0 unspecified atom stereocenters. The van der Waals surface area contributed by atoms with Gasteiger partial charge >= 0.3 is 0 Å². The molecule has 0 atom stereocenters. The summed E-state index contributed by atoms with van der Waals surface area (Å²) in [7, 11) is 6.57. The number of fused-ring (bicyclic) bond motifs is 2. The smallest absolute Gasteiger partial charge is 0.133 e. The van der Waals surface area contributed by atoms with Gasteiger partial charge in [-0.25, -0.2) is 0 Å². The number of aromatic nitrogens is 2. The molecule has 57 heavy (non-hydrogen) atoms. The fraction of sp³-hybridized carbons (Fsp3) is 0.0870. The van der Waals surface area contributed by atoms with Gasteiger partial charge in [-0.1, -0.05) is 71.7 Å². The summed E-state index contributed by atoms with van der Waals surface area (Å²) in [6, 6.07) is 34.9. The number of para-hydroxylation sites is 4. The highest BCUT2D eigenvalue weighted by atomic mass is 35.5. The van der Waals surface area contributed by atoms with E-state index >= 15 is 0 Å². The van der Waals surface area contributed by atoms with Crippen LogP contribution in [-0.4, -0.2) is 50.8 Å². The minimum Gasteiger partial charge on any atom is -0.496 e. The first-order chi connectivity index (χ1) is 27.9. The number of hydrogen-bond acceptors (Lipinski definition) is 7. The molecule has 0 amide bonds. The van der Waals surface area contributed by atoms with E-state index in [9.17, 15) is 0 Å². The standard InChI is InChI=1S/C46H37Cl2N5O4/c1-54-39-21-41(56-3)43-31(27-13-17-29(47)18-14-27)23-51-45(43)33(39)25-49-35-9-5-7-11-37(35)53-38-12-8-6-10-36(38)50-26-34-40(55-2)22-42(57-4)44-32(24-52-46(34)44)28-15-19-30(48)20-16-28/h5-26,51-53H,1-4H3. The Labute approximate surface area is 339 Å². The Balaban J connectivity index is 1.14. The molecule has 0 spiro atoms. The Bertz CT molecular complexity index is 2600. The molecule has 0 aliphatic carbocycles. The maximum atomic E-state index is 6.20. The summed E-state index contributed by atoms with van der Waals surface area (Å²) >= 11 is 12.4. The van der Waals surface area contributed by atoms with Gasteiger partial charge in [-0.3, -0.25) is 9.98 Å². The molecular formula is C46H37Cl2N5O4. The zero-order valence-corrected chi connectivity index (χ0v) is 33.0. The topological polar surface area (TPSA) is 105 Å². The maximum absolute atomic E-state index is 6.20. The van der Waals surface area contributed by atoms with E-state index in [1.807, 2.05) is 134 Å². The van der Waals surface area contributed by atoms with E-state index in [0.717, 1.165) is 66.6 Å². The second-order valence-electron chi connectivity index (χ2n) is 13.0. The number of benzene rings is 6. The molecule has 0 radical (unpaired) electrons. The predicted molar refractivity (Wildman–Crippen MR) is 234 cm³/mol. The summed E-state index contributed by atoms with van der Waals surface area (Å²) in [5, 5.41) is 6.73. The van der Waals surface area contributed by atoms with Gasteiger partial charge in [0.2, 0.25) is 0 Å². The summed E-state index contributed by atoms with van der Waals surface area (Å²) in [6.07, 6.45) is 7.54. The lowest BCUT2D eigenvalue weighted by atomic mass is 10.0. The van der Waals surface area contributed by atoms with Crippen LogP contribution in [0.1, 0.15) is 11.1 Å². The molecular weight excluding hydrogens is 757 g/mol. The molecule has 2 aromatic heterocycles. The van der Waals surface area contributed by atoms with Crippen molar-refractivity contribution in [2.24, 2.45) is 9.98 Å². The van der Waals surface area contributed by atoms with Crippen molar-refractivity contribution in [1.82, 2.24) is 9.97 Å². The van der Waals surface area contributed by atoms with Crippen LogP contribution >= 0.6 is 23.2 Å². The summed E-state index contributed by atoms with van der Waals surface area (Å²) in [4.78, 5) is 16.9. The van der Waals surface area contributed by atoms with Gasteiger partial charge in [0.15, 0.2) is 0 Å². The molecule has 0 aliphatic heterocycles. The second kappa shape index (κ2) is 16.2. The van der Waals surface area contributed by atoms with Gasteiger partial charge in [0.25, 0.3) is 0 Å². The molecule has 0 bridgehead atoms. The molecule has 284 valence electrons. The number of aliphatic imine (C=N–C) groups is 2. The molecule has 11 heteroatoms. The van der Waals surface area contributed by atoms with E-state index < -0.39 is 0 Å². The number of nitrogens with one attached hydrogen (secondary N) is 3. The fourth-order valence-corrected chi connectivity index (χ4v) is 7.25. The molecule has 2 heterocycles. The Morgan fingerprint density at radius 3 is 1.28 bits per heavy atom. The minimum atomic E-state index is 0.614. The van der Waals surface area contributed by atoms with Crippen molar-refractivity contribution in [3.8, 4) is 45.3 Å². The zero-order valence-electron chi connectivity index (χ0n) is 31.5. The molecule has 0 saturated heterocycles. The summed E-state index contributed by atoms with van der Waals surface area (Å²) < 4.78 is 23.3. The average Bonchev–Trinajstić information content (AvgIpc) is 3.89.